The first-order valence-corrected chi connectivity index (χ1v) is 29.8. The molecule has 0 bridgehead atoms. The van der Waals surface area contributed by atoms with Gasteiger partial charge in [0.25, 0.3) is 0 Å². The lowest BCUT2D eigenvalue weighted by Crippen LogP contribution is -2.15. The minimum atomic E-state index is 0.523. The van der Waals surface area contributed by atoms with Crippen LogP contribution in [-0.2, 0) is 56.8 Å². The van der Waals surface area contributed by atoms with Gasteiger partial charge < -0.3 is 56.8 Å². The Labute approximate surface area is 433 Å². The Morgan fingerprint density at radius 3 is 0.343 bits per heavy atom. The van der Waals surface area contributed by atoms with Crippen molar-refractivity contribution in [3.63, 3.8) is 0 Å². The topological polar surface area (TPSA) is 111 Å². The summed E-state index contributed by atoms with van der Waals surface area (Å²) in [7, 11) is 0. The molecule has 0 saturated heterocycles. The van der Waals surface area contributed by atoms with Crippen molar-refractivity contribution in [3.05, 3.63) is 0 Å². The van der Waals surface area contributed by atoms with Crippen molar-refractivity contribution >= 4 is 0 Å². The standard InChI is InChI=1S/C58H118O12/c1-3-5-7-9-11-13-15-17-19-21-23-25-27-29-31-33-35-59-37-39-61-41-43-63-45-47-65-49-51-67-53-55-69-57-58-70-56-54-68-52-50-66-48-46-64-44-42-62-40-38-60-36-34-32-30-28-26-24-22-20-18-16-14-12-10-8-6-4-2/h3-58H2,1-2H3. The fourth-order valence-corrected chi connectivity index (χ4v) is 8.03. The van der Waals surface area contributed by atoms with Crippen molar-refractivity contribution in [2.24, 2.45) is 0 Å². The van der Waals surface area contributed by atoms with Gasteiger partial charge >= 0.3 is 0 Å². The van der Waals surface area contributed by atoms with Crippen LogP contribution >= 0.6 is 0 Å². The highest BCUT2D eigenvalue weighted by Crippen LogP contribution is 2.15. The number of unbranched alkanes of at least 4 members (excludes halogenated alkanes) is 30. The minimum Gasteiger partial charge on any atom is -0.379 e. The number of hydrogen-bond donors (Lipinski definition) is 0. The van der Waals surface area contributed by atoms with Gasteiger partial charge in [-0.25, -0.2) is 0 Å². The highest BCUT2D eigenvalue weighted by molar-refractivity contribution is 4.52. The van der Waals surface area contributed by atoms with E-state index in [-0.39, 0.29) is 0 Å². The molecule has 0 fully saturated rings. The van der Waals surface area contributed by atoms with Crippen LogP contribution in [-0.4, -0.2) is 159 Å². The fourth-order valence-electron chi connectivity index (χ4n) is 8.03. The second-order valence-corrected chi connectivity index (χ2v) is 19.0. The van der Waals surface area contributed by atoms with Gasteiger partial charge in [-0.15, -0.1) is 0 Å². The van der Waals surface area contributed by atoms with Crippen molar-refractivity contribution < 1.29 is 56.8 Å². The van der Waals surface area contributed by atoms with Crippen molar-refractivity contribution in [2.75, 3.05) is 159 Å². The van der Waals surface area contributed by atoms with Crippen molar-refractivity contribution in [1.82, 2.24) is 0 Å². The van der Waals surface area contributed by atoms with Crippen LogP contribution in [0.2, 0.25) is 0 Å². The second kappa shape index (κ2) is 68.5. The van der Waals surface area contributed by atoms with E-state index in [1.54, 1.807) is 0 Å². The quantitative estimate of drug-likeness (QED) is 0.0541. The van der Waals surface area contributed by atoms with Gasteiger partial charge in [0, 0.05) is 13.2 Å². The van der Waals surface area contributed by atoms with Gasteiger partial charge in [-0.05, 0) is 12.8 Å². The Balaban J connectivity index is 3.07. The van der Waals surface area contributed by atoms with E-state index in [1.165, 1.54) is 193 Å². The summed E-state index contributed by atoms with van der Waals surface area (Å²) in [6, 6.07) is 0. The van der Waals surface area contributed by atoms with Crippen LogP contribution in [0.3, 0.4) is 0 Å². The average molecular weight is 1010 g/mol. The molecule has 0 rings (SSSR count). The summed E-state index contributed by atoms with van der Waals surface area (Å²) in [5.41, 5.74) is 0. The predicted octanol–water partition coefficient (Wildman–Crippen LogP) is 13.7. The highest BCUT2D eigenvalue weighted by atomic mass is 16.6. The van der Waals surface area contributed by atoms with E-state index >= 15 is 0 Å². The summed E-state index contributed by atoms with van der Waals surface area (Å²) in [6.45, 7) is 18.5. The van der Waals surface area contributed by atoms with E-state index < -0.39 is 0 Å². The van der Waals surface area contributed by atoms with Gasteiger partial charge in [0.2, 0.25) is 0 Å². The molecule has 0 amide bonds. The van der Waals surface area contributed by atoms with Crippen molar-refractivity contribution in [2.45, 2.75) is 219 Å². The summed E-state index contributed by atoms with van der Waals surface area (Å²) in [5, 5.41) is 0. The summed E-state index contributed by atoms with van der Waals surface area (Å²) >= 11 is 0. The lowest BCUT2D eigenvalue weighted by Gasteiger charge is -2.09. The van der Waals surface area contributed by atoms with E-state index in [4.69, 9.17) is 56.8 Å². The first kappa shape index (κ1) is 69.5. The lowest BCUT2D eigenvalue weighted by molar-refractivity contribution is -0.0284. The van der Waals surface area contributed by atoms with Crippen molar-refractivity contribution in [3.8, 4) is 0 Å². The molecule has 0 aliphatic carbocycles. The molecule has 0 heterocycles. The Kier molecular flexibility index (Phi) is 68.1. The molecule has 0 saturated carbocycles. The lowest BCUT2D eigenvalue weighted by atomic mass is 10.0. The summed E-state index contributed by atoms with van der Waals surface area (Å²) in [6.07, 6.45) is 44.4. The van der Waals surface area contributed by atoms with Crippen LogP contribution in [0.1, 0.15) is 219 Å². The fraction of sp³-hybridized carbons (Fsp3) is 1.00. The van der Waals surface area contributed by atoms with Gasteiger partial charge in [0.15, 0.2) is 0 Å². The van der Waals surface area contributed by atoms with Crippen LogP contribution in [0.25, 0.3) is 0 Å². The number of rotatable bonds is 67. The Hall–Kier alpha value is -0.480. The Morgan fingerprint density at radius 2 is 0.214 bits per heavy atom. The highest BCUT2D eigenvalue weighted by Gasteiger charge is 2.00. The summed E-state index contributed by atoms with van der Waals surface area (Å²) in [5.74, 6) is 0. The Bertz CT molecular complexity index is 806. The van der Waals surface area contributed by atoms with E-state index in [1.807, 2.05) is 0 Å². The zero-order chi connectivity index (χ0) is 50.1. The molecule has 422 valence electrons. The molecule has 12 heteroatoms. The van der Waals surface area contributed by atoms with E-state index in [9.17, 15) is 0 Å². The van der Waals surface area contributed by atoms with E-state index in [2.05, 4.69) is 13.8 Å². The van der Waals surface area contributed by atoms with E-state index in [0.717, 1.165) is 26.1 Å². The zero-order valence-electron chi connectivity index (χ0n) is 46.5. The maximum absolute atomic E-state index is 5.71. The summed E-state index contributed by atoms with van der Waals surface area (Å²) < 4.78 is 67.1. The predicted molar refractivity (Wildman–Crippen MR) is 289 cm³/mol. The maximum Gasteiger partial charge on any atom is 0.0701 e. The van der Waals surface area contributed by atoms with Crippen molar-refractivity contribution in [1.29, 1.82) is 0 Å². The number of hydrogen-bond acceptors (Lipinski definition) is 12. The van der Waals surface area contributed by atoms with E-state index in [0.29, 0.717) is 145 Å². The number of ether oxygens (including phenoxy) is 12. The first-order valence-electron chi connectivity index (χ1n) is 29.8. The molecule has 0 aromatic carbocycles. The molecule has 0 N–H and O–H groups in total. The largest absolute Gasteiger partial charge is 0.379 e. The molecule has 0 aliphatic heterocycles. The maximum atomic E-state index is 5.71. The summed E-state index contributed by atoms with van der Waals surface area (Å²) in [4.78, 5) is 0. The average Bonchev–Trinajstić information content (AvgIpc) is 3.37. The third-order valence-electron chi connectivity index (χ3n) is 12.4. The molecule has 0 aromatic rings. The molecular weight excluding hydrogens is 889 g/mol. The van der Waals surface area contributed by atoms with Gasteiger partial charge in [-0.1, -0.05) is 206 Å². The molecular formula is C58H118O12. The van der Waals surface area contributed by atoms with Crippen LogP contribution in [0.4, 0.5) is 0 Å². The molecule has 0 spiro atoms. The third kappa shape index (κ3) is 67.5. The van der Waals surface area contributed by atoms with Gasteiger partial charge in [0.1, 0.15) is 0 Å². The second-order valence-electron chi connectivity index (χ2n) is 19.0. The van der Waals surface area contributed by atoms with Crippen LogP contribution < -0.4 is 0 Å². The third-order valence-corrected chi connectivity index (χ3v) is 12.4. The zero-order valence-corrected chi connectivity index (χ0v) is 46.5. The van der Waals surface area contributed by atoms with Crippen LogP contribution in [0, 0.1) is 0 Å². The Morgan fingerprint density at radius 1 is 0.114 bits per heavy atom. The molecule has 12 nitrogen and oxygen atoms in total. The molecule has 0 unspecified atom stereocenters. The molecule has 0 aromatic heterocycles. The van der Waals surface area contributed by atoms with Crippen LogP contribution in [0.5, 0.6) is 0 Å². The van der Waals surface area contributed by atoms with Gasteiger partial charge in [-0.2, -0.15) is 0 Å². The normalized spacial score (nSPS) is 11.7. The first-order chi connectivity index (χ1) is 34.9. The molecule has 0 aliphatic rings. The molecule has 0 radical (unpaired) electrons. The smallest absolute Gasteiger partial charge is 0.0701 e. The van der Waals surface area contributed by atoms with Gasteiger partial charge in [-0.3, -0.25) is 0 Å². The van der Waals surface area contributed by atoms with Crippen LogP contribution in [0.15, 0.2) is 0 Å². The molecule has 0 atom stereocenters. The SMILES string of the molecule is CCCCCCCCCCCCCCCCCCOCCOCCOCCOCCOCCOCCOCCOCCOCCOCCOCCOCCCCCCCCCCCCCCCCCC. The molecule has 70 heavy (non-hydrogen) atoms. The minimum absolute atomic E-state index is 0.523. The van der Waals surface area contributed by atoms with Gasteiger partial charge in [0.05, 0.1) is 145 Å². The monoisotopic (exact) mass is 1010 g/mol.